The maximum absolute atomic E-state index is 13.3. The first kappa shape index (κ1) is 27.8. The number of hydrazine groups is 1. The molecule has 1 aromatic rings. The van der Waals surface area contributed by atoms with Crippen molar-refractivity contribution in [2.75, 3.05) is 26.2 Å². The Morgan fingerprint density at radius 3 is 2.00 bits per heavy atom. The molecule has 11 heteroatoms. The molecule has 1 aliphatic heterocycles. The number of allylic oxidation sites excluding steroid dienone is 1. The smallest absolute Gasteiger partial charge is 0.384 e. The average molecular weight is 533 g/mol. The normalized spacial score (nSPS) is 23.0. The van der Waals surface area contributed by atoms with Gasteiger partial charge in [-0.15, -0.1) is 0 Å². The lowest BCUT2D eigenvalue weighted by molar-refractivity contribution is -0.143. The van der Waals surface area contributed by atoms with E-state index in [1.54, 1.807) is 0 Å². The topological polar surface area (TPSA) is 56.4 Å². The number of carbonyl (C=O) groups excluding carboxylic acids is 1. The Morgan fingerprint density at radius 2 is 1.46 bits per heavy atom. The fourth-order valence-electron chi connectivity index (χ4n) is 5.12. The van der Waals surface area contributed by atoms with Gasteiger partial charge in [-0.05, 0) is 86.6 Å². The van der Waals surface area contributed by atoms with Crippen LogP contribution >= 0.6 is 0 Å². The van der Waals surface area contributed by atoms with Crippen LogP contribution in [0.25, 0.3) is 5.70 Å². The van der Waals surface area contributed by atoms with E-state index >= 15 is 0 Å². The number of hydrogen-bond acceptors (Lipinski definition) is 4. The van der Waals surface area contributed by atoms with E-state index in [4.69, 9.17) is 0 Å². The molecule has 2 saturated carbocycles. The number of halogens is 6. The second kappa shape index (κ2) is 11.6. The van der Waals surface area contributed by atoms with Gasteiger partial charge in [0.1, 0.15) is 0 Å². The van der Waals surface area contributed by atoms with Crippen molar-refractivity contribution in [2.24, 2.45) is 5.92 Å². The van der Waals surface area contributed by atoms with Crippen LogP contribution in [0.4, 0.5) is 26.3 Å². The highest BCUT2D eigenvalue weighted by Gasteiger charge is 2.37. The van der Waals surface area contributed by atoms with Crippen LogP contribution in [-0.2, 0) is 17.1 Å². The van der Waals surface area contributed by atoms with Gasteiger partial charge in [0.25, 0.3) is 0 Å². The molecule has 3 fully saturated rings. The van der Waals surface area contributed by atoms with Gasteiger partial charge < -0.3 is 10.6 Å². The van der Waals surface area contributed by atoms with E-state index in [0.717, 1.165) is 69.3 Å². The van der Waals surface area contributed by atoms with Crippen LogP contribution in [0.5, 0.6) is 0 Å². The van der Waals surface area contributed by atoms with Crippen molar-refractivity contribution < 1.29 is 31.1 Å². The predicted octanol–water partition coefficient (Wildman–Crippen LogP) is 5.48. The van der Waals surface area contributed by atoms with Crippen LogP contribution in [0.15, 0.2) is 23.8 Å². The molecule has 1 saturated heterocycles. The van der Waals surface area contributed by atoms with Crippen molar-refractivity contribution in [1.29, 1.82) is 0 Å². The van der Waals surface area contributed by atoms with Crippen LogP contribution in [0, 0.1) is 5.92 Å². The van der Waals surface area contributed by atoms with Gasteiger partial charge in [0.15, 0.2) is 0 Å². The van der Waals surface area contributed by atoms with Crippen LogP contribution < -0.4 is 16.1 Å². The molecule has 37 heavy (non-hydrogen) atoms. The lowest BCUT2D eigenvalue weighted by atomic mass is 9.86. The molecule has 3 N–H and O–H groups in total. The van der Waals surface area contributed by atoms with Crippen molar-refractivity contribution in [1.82, 2.24) is 21.1 Å². The van der Waals surface area contributed by atoms with Gasteiger partial charge >= 0.3 is 12.4 Å². The standard InChI is InChI=1S/C26H34F6N4O/c27-25(28,29)20-12-19(13-21(14-20)26(30,31)32)24(18-6-7-18)34-15-17-4-8-22(9-5-17)33-16-23(37)35-36-10-2-1-3-11-36/h12-14,17,22,33-34H,1-11,15-16H2,(H,35,37). The van der Waals surface area contributed by atoms with Crippen LogP contribution in [0.3, 0.4) is 0 Å². The molecule has 3 aliphatic rings. The SMILES string of the molecule is O=C(CNC1CCC(CNC(=C2CC2)c2cc(C(F)(F)F)cc(C(F)(F)F)c2)CC1)NN1CCCCC1. The molecule has 0 unspecified atom stereocenters. The summed E-state index contributed by atoms with van der Waals surface area (Å²) >= 11 is 0. The Labute approximate surface area is 213 Å². The molecule has 0 bridgehead atoms. The van der Waals surface area contributed by atoms with Crippen molar-refractivity contribution in [2.45, 2.75) is 76.2 Å². The fraction of sp³-hybridized carbons (Fsp3) is 0.654. The molecule has 0 atom stereocenters. The van der Waals surface area contributed by atoms with Gasteiger partial charge in [0.2, 0.25) is 5.91 Å². The van der Waals surface area contributed by atoms with E-state index in [9.17, 15) is 31.1 Å². The van der Waals surface area contributed by atoms with E-state index in [-0.39, 0.29) is 36.0 Å². The third-order valence-electron chi connectivity index (χ3n) is 7.33. The lowest BCUT2D eigenvalue weighted by Crippen LogP contribution is -2.49. The summed E-state index contributed by atoms with van der Waals surface area (Å²) in [5.74, 6) is 0.202. The number of nitrogens with zero attached hydrogens (tertiary/aromatic N) is 1. The first-order chi connectivity index (χ1) is 17.5. The highest BCUT2D eigenvalue weighted by atomic mass is 19.4. The minimum absolute atomic E-state index is 0.0503. The Balaban J connectivity index is 1.29. The molecule has 1 heterocycles. The van der Waals surface area contributed by atoms with E-state index in [1.165, 1.54) is 6.42 Å². The monoisotopic (exact) mass is 532 g/mol. The molecule has 5 nitrogen and oxygen atoms in total. The molecule has 4 rings (SSSR count). The second-order valence-corrected chi connectivity index (χ2v) is 10.3. The molecule has 1 amide bonds. The average Bonchev–Trinajstić information content (AvgIpc) is 3.68. The van der Waals surface area contributed by atoms with Gasteiger partial charge in [-0.3, -0.25) is 10.2 Å². The summed E-state index contributed by atoms with van der Waals surface area (Å²) in [5, 5.41) is 8.46. The summed E-state index contributed by atoms with van der Waals surface area (Å²) in [7, 11) is 0. The van der Waals surface area contributed by atoms with E-state index in [0.29, 0.717) is 25.1 Å². The number of alkyl halides is 6. The van der Waals surface area contributed by atoms with Gasteiger partial charge in [0.05, 0.1) is 17.7 Å². The largest absolute Gasteiger partial charge is 0.416 e. The number of amides is 1. The van der Waals surface area contributed by atoms with Crippen molar-refractivity contribution in [3.8, 4) is 0 Å². The molecule has 1 aromatic carbocycles. The number of rotatable bonds is 8. The molecule has 206 valence electrons. The molecule has 2 aliphatic carbocycles. The second-order valence-electron chi connectivity index (χ2n) is 10.3. The number of piperidine rings is 1. The highest BCUT2D eigenvalue weighted by Crippen LogP contribution is 2.41. The first-order valence-electron chi connectivity index (χ1n) is 13.0. The van der Waals surface area contributed by atoms with Gasteiger partial charge in [-0.25, -0.2) is 5.01 Å². The molecule has 0 aromatic heterocycles. The van der Waals surface area contributed by atoms with Crippen molar-refractivity contribution in [3.63, 3.8) is 0 Å². The van der Waals surface area contributed by atoms with Crippen LogP contribution in [-0.4, -0.2) is 43.1 Å². The fourth-order valence-corrected chi connectivity index (χ4v) is 5.12. The molecular formula is C26H34F6N4O. The van der Waals surface area contributed by atoms with E-state index in [2.05, 4.69) is 16.1 Å². The summed E-state index contributed by atoms with van der Waals surface area (Å²) in [4.78, 5) is 12.2. The van der Waals surface area contributed by atoms with Gasteiger partial charge in [0, 0.05) is 31.4 Å². The van der Waals surface area contributed by atoms with Crippen molar-refractivity contribution >= 4 is 11.6 Å². The number of carbonyl (C=O) groups is 1. The summed E-state index contributed by atoms with van der Waals surface area (Å²) in [6.07, 6.45) is -1.62. The van der Waals surface area contributed by atoms with E-state index < -0.39 is 23.5 Å². The Kier molecular flexibility index (Phi) is 8.73. The van der Waals surface area contributed by atoms with Crippen LogP contribution in [0.2, 0.25) is 0 Å². The minimum Gasteiger partial charge on any atom is -0.384 e. The first-order valence-corrected chi connectivity index (χ1v) is 13.0. The maximum Gasteiger partial charge on any atom is 0.416 e. The lowest BCUT2D eigenvalue weighted by Gasteiger charge is -2.31. The third-order valence-corrected chi connectivity index (χ3v) is 7.33. The molecule has 0 radical (unpaired) electrons. The quantitative estimate of drug-likeness (QED) is 0.388. The Hall–Kier alpha value is -2.27. The van der Waals surface area contributed by atoms with Gasteiger partial charge in [-0.2, -0.15) is 26.3 Å². The summed E-state index contributed by atoms with van der Waals surface area (Å²) < 4.78 is 79.9. The minimum atomic E-state index is -4.87. The number of hydrogen-bond donors (Lipinski definition) is 3. The predicted molar refractivity (Wildman–Crippen MR) is 128 cm³/mol. The summed E-state index contributed by atoms with van der Waals surface area (Å²) in [6.45, 7) is 2.48. The van der Waals surface area contributed by atoms with Gasteiger partial charge in [-0.1, -0.05) is 6.42 Å². The number of benzene rings is 1. The van der Waals surface area contributed by atoms with Crippen LogP contribution in [0.1, 0.15) is 74.5 Å². The Morgan fingerprint density at radius 1 is 0.865 bits per heavy atom. The zero-order valence-corrected chi connectivity index (χ0v) is 20.7. The highest BCUT2D eigenvalue weighted by molar-refractivity contribution is 5.77. The maximum atomic E-state index is 13.3. The van der Waals surface area contributed by atoms with Crippen molar-refractivity contribution in [3.05, 3.63) is 40.5 Å². The number of nitrogens with one attached hydrogen (secondary N) is 3. The Bertz CT molecular complexity index is 938. The summed E-state index contributed by atoms with van der Waals surface area (Å²) in [6, 6.07) is 1.99. The third kappa shape index (κ3) is 8.10. The zero-order valence-electron chi connectivity index (χ0n) is 20.7. The zero-order chi connectivity index (χ0) is 26.6. The van der Waals surface area contributed by atoms with E-state index in [1.807, 2.05) is 5.01 Å². The summed E-state index contributed by atoms with van der Waals surface area (Å²) in [5.41, 5.74) is 1.52. The molecular weight excluding hydrogens is 498 g/mol. The molecule has 0 spiro atoms.